The van der Waals surface area contributed by atoms with Crippen molar-refractivity contribution in [2.75, 3.05) is 7.11 Å². The molecule has 84 valence electrons. The third kappa shape index (κ3) is 1.86. The molecule has 16 heavy (non-hydrogen) atoms. The molecular formula is C10H8ClFN2O2. The fraction of sp³-hybridized carbons (Fsp3) is 0.200. The average molecular weight is 243 g/mol. The van der Waals surface area contributed by atoms with E-state index in [9.17, 15) is 4.39 Å². The van der Waals surface area contributed by atoms with Crippen molar-refractivity contribution < 1.29 is 13.7 Å². The van der Waals surface area contributed by atoms with E-state index in [0.717, 1.165) is 6.07 Å². The van der Waals surface area contributed by atoms with E-state index in [-0.39, 0.29) is 16.4 Å². The number of methoxy groups -OCH3 is 1. The first-order valence-electron chi connectivity index (χ1n) is 4.45. The maximum Gasteiger partial charge on any atom is 0.223 e. The third-order valence-corrected chi connectivity index (χ3v) is 2.31. The zero-order chi connectivity index (χ0) is 11.7. The molecule has 1 aromatic carbocycles. The highest BCUT2D eigenvalue weighted by Crippen LogP contribution is 2.31. The van der Waals surface area contributed by atoms with Crippen LogP contribution < -0.4 is 4.74 Å². The smallest absolute Gasteiger partial charge is 0.223 e. The average Bonchev–Trinajstić information content (AvgIpc) is 2.65. The van der Waals surface area contributed by atoms with Crippen LogP contribution >= 0.6 is 11.6 Å². The first-order chi connectivity index (χ1) is 7.61. The second kappa shape index (κ2) is 4.09. The lowest BCUT2D eigenvalue weighted by molar-refractivity contribution is 0.394. The Labute approximate surface area is 96.0 Å². The molecule has 0 bridgehead atoms. The molecule has 0 spiro atoms. The molecule has 0 aliphatic carbocycles. The van der Waals surface area contributed by atoms with Gasteiger partial charge in [-0.15, -0.1) is 0 Å². The van der Waals surface area contributed by atoms with Crippen molar-refractivity contribution in [2.45, 2.75) is 6.92 Å². The Balaban J connectivity index is 2.56. The minimum atomic E-state index is -0.522. The third-order valence-electron chi connectivity index (χ3n) is 2.01. The highest BCUT2D eigenvalue weighted by Gasteiger charge is 2.15. The predicted molar refractivity (Wildman–Crippen MR) is 56.0 cm³/mol. The monoisotopic (exact) mass is 242 g/mol. The maximum absolute atomic E-state index is 13.6. The van der Waals surface area contributed by atoms with Gasteiger partial charge in [0.2, 0.25) is 11.7 Å². The number of aryl methyl sites for hydroxylation is 1. The van der Waals surface area contributed by atoms with Gasteiger partial charge in [-0.05, 0) is 12.1 Å². The van der Waals surface area contributed by atoms with E-state index < -0.39 is 5.82 Å². The van der Waals surface area contributed by atoms with Gasteiger partial charge >= 0.3 is 0 Å². The molecule has 0 N–H and O–H groups in total. The molecular weight excluding hydrogens is 235 g/mol. The number of rotatable bonds is 2. The van der Waals surface area contributed by atoms with Gasteiger partial charge < -0.3 is 9.26 Å². The molecule has 6 heteroatoms. The molecule has 0 atom stereocenters. The van der Waals surface area contributed by atoms with E-state index in [1.54, 1.807) is 6.92 Å². The first-order valence-corrected chi connectivity index (χ1v) is 4.83. The Hall–Kier alpha value is -1.62. The maximum atomic E-state index is 13.6. The minimum Gasteiger partial charge on any atom is -0.495 e. The number of aromatic nitrogens is 2. The summed E-state index contributed by atoms with van der Waals surface area (Å²) in [6, 6.07) is 2.59. The topological polar surface area (TPSA) is 48.2 Å². The van der Waals surface area contributed by atoms with Gasteiger partial charge in [-0.25, -0.2) is 4.39 Å². The fourth-order valence-corrected chi connectivity index (χ4v) is 1.49. The SMILES string of the molecule is COc1cc(-c2noc(C)n2)c(F)cc1Cl. The summed E-state index contributed by atoms with van der Waals surface area (Å²) in [7, 11) is 1.45. The molecule has 0 saturated carbocycles. The van der Waals surface area contributed by atoms with Crippen LogP contribution in [0, 0.1) is 12.7 Å². The normalized spacial score (nSPS) is 10.5. The lowest BCUT2D eigenvalue weighted by Crippen LogP contribution is -1.91. The van der Waals surface area contributed by atoms with E-state index in [4.69, 9.17) is 20.9 Å². The summed E-state index contributed by atoms with van der Waals surface area (Å²) in [4.78, 5) is 3.93. The molecule has 1 aromatic heterocycles. The predicted octanol–water partition coefficient (Wildman–Crippen LogP) is 2.85. The molecule has 0 saturated heterocycles. The summed E-state index contributed by atoms with van der Waals surface area (Å²) >= 11 is 5.77. The minimum absolute atomic E-state index is 0.171. The number of benzene rings is 1. The zero-order valence-corrected chi connectivity index (χ0v) is 9.38. The Morgan fingerprint density at radius 3 is 2.75 bits per heavy atom. The molecule has 0 unspecified atom stereocenters. The highest BCUT2D eigenvalue weighted by atomic mass is 35.5. The van der Waals surface area contributed by atoms with Crippen molar-refractivity contribution in [3.05, 3.63) is 28.9 Å². The second-order valence-electron chi connectivity index (χ2n) is 3.10. The van der Waals surface area contributed by atoms with Gasteiger partial charge in [-0.3, -0.25) is 0 Å². The van der Waals surface area contributed by atoms with Crippen LogP contribution in [-0.4, -0.2) is 17.3 Å². The van der Waals surface area contributed by atoms with Gasteiger partial charge in [0.05, 0.1) is 17.7 Å². The molecule has 4 nitrogen and oxygen atoms in total. The van der Waals surface area contributed by atoms with Gasteiger partial charge in [0.1, 0.15) is 11.6 Å². The van der Waals surface area contributed by atoms with Crippen molar-refractivity contribution in [3.8, 4) is 17.1 Å². The summed E-state index contributed by atoms with van der Waals surface area (Å²) in [5.41, 5.74) is 0.193. The van der Waals surface area contributed by atoms with Crippen LogP contribution in [0.5, 0.6) is 5.75 Å². The summed E-state index contributed by atoms with van der Waals surface area (Å²) in [6.45, 7) is 1.63. The van der Waals surface area contributed by atoms with Gasteiger partial charge in [-0.1, -0.05) is 16.8 Å². The van der Waals surface area contributed by atoms with E-state index >= 15 is 0 Å². The van der Waals surface area contributed by atoms with Crippen molar-refractivity contribution in [1.82, 2.24) is 10.1 Å². The van der Waals surface area contributed by atoms with Gasteiger partial charge in [-0.2, -0.15) is 4.98 Å². The van der Waals surface area contributed by atoms with Crippen LogP contribution in [0.1, 0.15) is 5.89 Å². The summed E-state index contributed by atoms with van der Waals surface area (Å²) in [5.74, 6) is 0.375. The van der Waals surface area contributed by atoms with Gasteiger partial charge in [0, 0.05) is 6.92 Å². The number of hydrogen-bond acceptors (Lipinski definition) is 4. The number of halogens is 2. The van der Waals surface area contributed by atoms with Gasteiger partial charge in [0.15, 0.2) is 0 Å². The molecule has 0 aliphatic rings. The lowest BCUT2D eigenvalue weighted by Gasteiger charge is -2.05. The second-order valence-corrected chi connectivity index (χ2v) is 3.51. The lowest BCUT2D eigenvalue weighted by atomic mass is 10.2. The quantitative estimate of drug-likeness (QED) is 0.813. The van der Waals surface area contributed by atoms with E-state index in [1.165, 1.54) is 13.2 Å². The molecule has 2 aromatic rings. The summed E-state index contributed by atoms with van der Waals surface area (Å²) in [6.07, 6.45) is 0. The van der Waals surface area contributed by atoms with Crippen LogP contribution in [-0.2, 0) is 0 Å². The van der Waals surface area contributed by atoms with E-state index in [1.807, 2.05) is 0 Å². The zero-order valence-electron chi connectivity index (χ0n) is 8.62. The standard InChI is InChI=1S/C10H8ClFN2O2/c1-5-13-10(14-16-5)6-3-9(15-2)7(11)4-8(6)12/h3-4H,1-2H3. The fourth-order valence-electron chi connectivity index (χ4n) is 1.27. The van der Waals surface area contributed by atoms with Crippen molar-refractivity contribution >= 4 is 11.6 Å². The largest absolute Gasteiger partial charge is 0.495 e. The van der Waals surface area contributed by atoms with E-state index in [2.05, 4.69) is 10.1 Å². The molecule has 1 heterocycles. The Morgan fingerprint density at radius 1 is 1.44 bits per heavy atom. The molecule has 0 fully saturated rings. The molecule has 0 radical (unpaired) electrons. The number of hydrogen-bond donors (Lipinski definition) is 0. The summed E-state index contributed by atoms with van der Waals surface area (Å²) < 4.78 is 23.4. The Bertz CT molecular complexity index is 528. The van der Waals surface area contributed by atoms with Crippen molar-refractivity contribution in [1.29, 1.82) is 0 Å². The molecule has 2 rings (SSSR count). The van der Waals surface area contributed by atoms with Crippen LogP contribution in [0.2, 0.25) is 5.02 Å². The number of ether oxygens (including phenoxy) is 1. The van der Waals surface area contributed by atoms with Crippen molar-refractivity contribution in [3.63, 3.8) is 0 Å². The molecule has 0 amide bonds. The van der Waals surface area contributed by atoms with Crippen LogP contribution in [0.15, 0.2) is 16.7 Å². The van der Waals surface area contributed by atoms with Crippen LogP contribution in [0.25, 0.3) is 11.4 Å². The Morgan fingerprint density at radius 2 is 2.19 bits per heavy atom. The van der Waals surface area contributed by atoms with Crippen LogP contribution in [0.3, 0.4) is 0 Å². The Kier molecular flexibility index (Phi) is 2.78. The van der Waals surface area contributed by atoms with Crippen molar-refractivity contribution in [2.24, 2.45) is 0 Å². The molecule has 0 aliphatic heterocycles. The van der Waals surface area contributed by atoms with Crippen LogP contribution in [0.4, 0.5) is 4.39 Å². The first kappa shape index (κ1) is 10.9. The number of nitrogens with zero attached hydrogens (tertiary/aromatic N) is 2. The summed E-state index contributed by atoms with van der Waals surface area (Å²) in [5, 5.41) is 3.83. The van der Waals surface area contributed by atoms with Gasteiger partial charge in [0.25, 0.3) is 0 Å². The highest BCUT2D eigenvalue weighted by molar-refractivity contribution is 6.32. The van der Waals surface area contributed by atoms with E-state index in [0.29, 0.717) is 11.6 Å².